The van der Waals surface area contributed by atoms with Crippen LogP contribution in [-0.2, 0) is 0 Å². The highest BCUT2D eigenvalue weighted by molar-refractivity contribution is 5.23. The molecule has 92 valence electrons. The normalized spacial score (nSPS) is 35.0. The summed E-state index contributed by atoms with van der Waals surface area (Å²) >= 11 is 0. The highest BCUT2D eigenvalue weighted by Crippen LogP contribution is 2.52. The summed E-state index contributed by atoms with van der Waals surface area (Å²) in [5.41, 5.74) is 0. The molecule has 1 aromatic rings. The Bertz CT molecular complexity index is 393. The molecule has 1 saturated carbocycles. The van der Waals surface area contributed by atoms with Gasteiger partial charge in [-0.3, -0.25) is 0 Å². The van der Waals surface area contributed by atoms with Crippen LogP contribution >= 0.6 is 0 Å². The molecule has 0 spiro atoms. The fraction of sp³-hybridized carbons (Fsp3) is 0.600. The van der Waals surface area contributed by atoms with Crippen molar-refractivity contribution in [3.05, 3.63) is 36.3 Å². The number of furan rings is 1. The third kappa shape index (κ3) is 1.95. The van der Waals surface area contributed by atoms with Crippen molar-refractivity contribution in [2.24, 2.45) is 17.8 Å². The predicted octanol–water partition coefficient (Wildman–Crippen LogP) is 3.18. The smallest absolute Gasteiger partial charge is 0.107 e. The molecule has 3 rings (SSSR count). The van der Waals surface area contributed by atoms with Crippen molar-refractivity contribution in [1.29, 1.82) is 0 Å². The van der Waals surface area contributed by atoms with E-state index in [1.165, 1.54) is 12.2 Å². The summed E-state index contributed by atoms with van der Waals surface area (Å²) < 4.78 is 5.65. The number of nitrogens with one attached hydrogen (secondary N) is 1. The van der Waals surface area contributed by atoms with Crippen LogP contribution in [0.2, 0.25) is 0 Å². The van der Waals surface area contributed by atoms with E-state index in [2.05, 4.69) is 37.4 Å². The lowest BCUT2D eigenvalue weighted by Gasteiger charge is -2.27. The van der Waals surface area contributed by atoms with E-state index >= 15 is 0 Å². The van der Waals surface area contributed by atoms with Crippen LogP contribution in [0.5, 0.6) is 0 Å². The molecule has 1 N–H and O–H groups in total. The number of allylic oxidation sites excluding steroid dienone is 2. The first-order valence-corrected chi connectivity index (χ1v) is 6.71. The van der Waals surface area contributed by atoms with E-state index in [1.807, 2.05) is 6.07 Å². The van der Waals surface area contributed by atoms with Crippen LogP contribution in [-0.4, -0.2) is 12.6 Å². The minimum Gasteiger partial charge on any atom is -0.469 e. The Balaban J connectivity index is 1.78. The fourth-order valence-electron chi connectivity index (χ4n) is 3.48. The minimum atomic E-state index is 0.565. The predicted molar refractivity (Wildman–Crippen MR) is 68.8 cm³/mol. The van der Waals surface area contributed by atoms with Crippen LogP contribution in [0.25, 0.3) is 0 Å². The quantitative estimate of drug-likeness (QED) is 0.805. The van der Waals surface area contributed by atoms with Crippen LogP contribution < -0.4 is 5.32 Å². The van der Waals surface area contributed by atoms with Crippen molar-refractivity contribution >= 4 is 0 Å². The molecule has 0 amide bonds. The lowest BCUT2D eigenvalue weighted by Crippen LogP contribution is -2.33. The Kier molecular flexibility index (Phi) is 2.83. The van der Waals surface area contributed by atoms with Crippen molar-refractivity contribution in [2.75, 3.05) is 6.54 Å². The molecule has 2 bridgehead atoms. The average Bonchev–Trinajstić information content (AvgIpc) is 3.01. The van der Waals surface area contributed by atoms with Crippen molar-refractivity contribution in [2.45, 2.75) is 32.2 Å². The maximum atomic E-state index is 5.65. The largest absolute Gasteiger partial charge is 0.469 e. The Morgan fingerprint density at radius 2 is 2.18 bits per heavy atom. The van der Waals surface area contributed by atoms with E-state index in [-0.39, 0.29) is 0 Å². The molecule has 17 heavy (non-hydrogen) atoms. The molecule has 4 unspecified atom stereocenters. The molecule has 2 aliphatic carbocycles. The molecule has 0 aliphatic heterocycles. The summed E-state index contributed by atoms with van der Waals surface area (Å²) in [6, 6.07) is 4.72. The molecule has 0 radical (unpaired) electrons. The van der Waals surface area contributed by atoms with Gasteiger partial charge < -0.3 is 9.73 Å². The van der Waals surface area contributed by atoms with Gasteiger partial charge in [-0.25, -0.2) is 0 Å². The van der Waals surface area contributed by atoms with Gasteiger partial charge in [0.15, 0.2) is 0 Å². The van der Waals surface area contributed by atoms with Gasteiger partial charge in [0.2, 0.25) is 0 Å². The fourth-order valence-corrected chi connectivity index (χ4v) is 3.48. The molecule has 1 aromatic heterocycles. The molecule has 2 heteroatoms. The first kappa shape index (κ1) is 11.1. The number of hydrogen-bond acceptors (Lipinski definition) is 2. The second kappa shape index (κ2) is 4.34. The maximum absolute atomic E-state index is 5.65. The number of rotatable bonds is 4. The number of fused-ring (bicyclic) bond motifs is 2. The topological polar surface area (TPSA) is 25.2 Å². The van der Waals surface area contributed by atoms with E-state index in [0.717, 1.165) is 12.5 Å². The lowest BCUT2D eigenvalue weighted by atomic mass is 9.81. The first-order valence-electron chi connectivity index (χ1n) is 6.71. The average molecular weight is 231 g/mol. The van der Waals surface area contributed by atoms with Crippen LogP contribution in [0, 0.1) is 17.8 Å². The van der Waals surface area contributed by atoms with E-state index in [9.17, 15) is 0 Å². The third-order valence-electron chi connectivity index (χ3n) is 4.26. The van der Waals surface area contributed by atoms with Crippen molar-refractivity contribution in [3.8, 4) is 0 Å². The summed E-state index contributed by atoms with van der Waals surface area (Å²) in [5, 5.41) is 3.59. The van der Waals surface area contributed by atoms with Crippen molar-refractivity contribution < 1.29 is 4.42 Å². The first-order chi connectivity index (χ1) is 8.25. The highest BCUT2D eigenvalue weighted by atomic mass is 16.3. The Morgan fingerprint density at radius 1 is 1.35 bits per heavy atom. The molecule has 2 aliphatic rings. The van der Waals surface area contributed by atoms with Gasteiger partial charge in [0.05, 0.1) is 6.26 Å². The van der Waals surface area contributed by atoms with Gasteiger partial charge in [-0.2, -0.15) is 0 Å². The van der Waals surface area contributed by atoms with Gasteiger partial charge in [-0.05, 0) is 42.9 Å². The highest BCUT2D eigenvalue weighted by Gasteiger charge is 2.46. The molecule has 0 aromatic carbocycles. The van der Waals surface area contributed by atoms with Crippen molar-refractivity contribution in [3.63, 3.8) is 0 Å². The Hall–Kier alpha value is -1.02. The standard InChI is InChI=1S/C15H21NO/c1-10(2)16-9-13-11-5-6-12(8-11)15(13)14-4-3-7-17-14/h3-7,10-13,15-16H,8-9H2,1-2H3. The van der Waals surface area contributed by atoms with E-state index in [0.29, 0.717) is 23.8 Å². The maximum Gasteiger partial charge on any atom is 0.107 e. The molecule has 2 nitrogen and oxygen atoms in total. The zero-order chi connectivity index (χ0) is 11.8. The van der Waals surface area contributed by atoms with Gasteiger partial charge >= 0.3 is 0 Å². The Labute approximate surface area is 103 Å². The minimum absolute atomic E-state index is 0.565. The van der Waals surface area contributed by atoms with Crippen LogP contribution in [0.3, 0.4) is 0 Å². The van der Waals surface area contributed by atoms with Crippen LogP contribution in [0.15, 0.2) is 35.0 Å². The molecule has 4 atom stereocenters. The summed E-state index contributed by atoms with van der Waals surface area (Å²) in [5.74, 6) is 3.92. The summed E-state index contributed by atoms with van der Waals surface area (Å²) in [4.78, 5) is 0. The lowest BCUT2D eigenvalue weighted by molar-refractivity contribution is 0.318. The van der Waals surface area contributed by atoms with Gasteiger partial charge in [0, 0.05) is 12.0 Å². The summed E-state index contributed by atoms with van der Waals surface area (Å²) in [7, 11) is 0. The van der Waals surface area contributed by atoms with Crippen molar-refractivity contribution in [1.82, 2.24) is 5.32 Å². The van der Waals surface area contributed by atoms with Gasteiger partial charge in [0.1, 0.15) is 5.76 Å². The molecule has 1 fully saturated rings. The SMILES string of the molecule is CC(C)NCC1C2C=CC(C2)C1c1ccco1. The van der Waals surface area contributed by atoms with Gasteiger partial charge in [-0.15, -0.1) is 0 Å². The van der Waals surface area contributed by atoms with Gasteiger partial charge in [0.25, 0.3) is 0 Å². The zero-order valence-corrected chi connectivity index (χ0v) is 10.6. The summed E-state index contributed by atoms with van der Waals surface area (Å²) in [6.07, 6.45) is 7.92. The van der Waals surface area contributed by atoms with E-state index < -0.39 is 0 Å². The van der Waals surface area contributed by atoms with E-state index in [1.54, 1.807) is 6.26 Å². The second-order valence-electron chi connectivity index (χ2n) is 5.72. The molecule has 0 saturated heterocycles. The second-order valence-corrected chi connectivity index (χ2v) is 5.72. The third-order valence-corrected chi connectivity index (χ3v) is 4.26. The van der Waals surface area contributed by atoms with Gasteiger partial charge in [-0.1, -0.05) is 26.0 Å². The molecule has 1 heterocycles. The summed E-state index contributed by atoms with van der Waals surface area (Å²) in [6.45, 7) is 5.53. The number of hydrogen-bond donors (Lipinski definition) is 1. The monoisotopic (exact) mass is 231 g/mol. The van der Waals surface area contributed by atoms with Crippen LogP contribution in [0.4, 0.5) is 0 Å². The van der Waals surface area contributed by atoms with Crippen LogP contribution in [0.1, 0.15) is 31.9 Å². The molecular formula is C15H21NO. The zero-order valence-electron chi connectivity index (χ0n) is 10.6. The van der Waals surface area contributed by atoms with E-state index in [4.69, 9.17) is 4.42 Å². The Morgan fingerprint density at radius 3 is 2.88 bits per heavy atom. The molecular weight excluding hydrogens is 210 g/mol.